The molecule has 16 heavy (non-hydrogen) atoms. The van der Waals surface area contributed by atoms with Gasteiger partial charge in [-0.3, -0.25) is 4.79 Å². The second-order valence-electron chi connectivity index (χ2n) is 3.18. The van der Waals surface area contributed by atoms with E-state index in [1.54, 1.807) is 20.0 Å². The molecule has 1 amide bonds. The molecule has 0 aromatic carbocycles. The van der Waals surface area contributed by atoms with Crippen molar-refractivity contribution < 1.29 is 4.79 Å². The summed E-state index contributed by atoms with van der Waals surface area (Å²) in [5.41, 5.74) is 1.03. The van der Waals surface area contributed by atoms with Gasteiger partial charge in [-0.05, 0) is 13.0 Å². The lowest BCUT2D eigenvalue weighted by Gasteiger charge is -2.04. The number of anilines is 1. The molecule has 0 fully saturated rings. The molecule has 0 aliphatic rings. The van der Waals surface area contributed by atoms with Crippen LogP contribution in [0.25, 0.3) is 0 Å². The fraction of sp³-hybridized carbons (Fsp3) is 0.400. The maximum absolute atomic E-state index is 10.9. The standard InChI is InChI=1S/C10H13N5O/c1-7-5-8(6-11)15-10(14-7)13-4-3-9(16)12-2/h5H,3-4H2,1-2H3,(H,12,16)(H,13,14,15). The first-order valence-corrected chi connectivity index (χ1v) is 4.86. The van der Waals surface area contributed by atoms with Crippen molar-refractivity contribution in [3.8, 4) is 6.07 Å². The molecule has 84 valence electrons. The Labute approximate surface area is 93.7 Å². The highest BCUT2D eigenvalue weighted by atomic mass is 16.1. The lowest BCUT2D eigenvalue weighted by Crippen LogP contribution is -2.21. The van der Waals surface area contributed by atoms with Gasteiger partial charge in [0.05, 0.1) is 0 Å². The number of hydrogen-bond acceptors (Lipinski definition) is 5. The molecule has 0 bridgehead atoms. The molecule has 1 heterocycles. The molecule has 0 saturated carbocycles. The average molecular weight is 219 g/mol. The topological polar surface area (TPSA) is 90.7 Å². The van der Waals surface area contributed by atoms with Crippen LogP contribution in [-0.2, 0) is 4.79 Å². The maximum Gasteiger partial charge on any atom is 0.224 e. The summed E-state index contributed by atoms with van der Waals surface area (Å²) < 4.78 is 0. The van der Waals surface area contributed by atoms with Crippen LogP contribution in [0, 0.1) is 18.3 Å². The molecule has 0 spiro atoms. The van der Waals surface area contributed by atoms with Crippen molar-refractivity contribution in [2.45, 2.75) is 13.3 Å². The molecule has 1 aromatic heterocycles. The number of amides is 1. The number of nitrogens with one attached hydrogen (secondary N) is 2. The predicted molar refractivity (Wildman–Crippen MR) is 58.7 cm³/mol. The number of carbonyl (C=O) groups is 1. The van der Waals surface area contributed by atoms with E-state index in [0.29, 0.717) is 30.3 Å². The summed E-state index contributed by atoms with van der Waals surface area (Å²) in [6.07, 6.45) is 0.343. The first-order chi connectivity index (χ1) is 7.65. The van der Waals surface area contributed by atoms with Crippen molar-refractivity contribution in [3.05, 3.63) is 17.5 Å². The Balaban J connectivity index is 2.57. The Bertz CT molecular complexity index is 424. The lowest BCUT2D eigenvalue weighted by atomic mass is 10.3. The van der Waals surface area contributed by atoms with E-state index in [4.69, 9.17) is 5.26 Å². The summed E-state index contributed by atoms with van der Waals surface area (Å²) >= 11 is 0. The second kappa shape index (κ2) is 5.66. The Morgan fingerprint density at radius 2 is 2.31 bits per heavy atom. The Hall–Kier alpha value is -2.16. The number of carbonyl (C=O) groups excluding carboxylic acids is 1. The van der Waals surface area contributed by atoms with Gasteiger partial charge in [0.25, 0.3) is 0 Å². The van der Waals surface area contributed by atoms with Gasteiger partial charge >= 0.3 is 0 Å². The van der Waals surface area contributed by atoms with E-state index in [9.17, 15) is 4.79 Å². The van der Waals surface area contributed by atoms with Crippen LogP contribution < -0.4 is 10.6 Å². The monoisotopic (exact) mass is 219 g/mol. The minimum atomic E-state index is -0.0549. The molecule has 0 atom stereocenters. The Morgan fingerprint density at radius 1 is 1.56 bits per heavy atom. The zero-order valence-corrected chi connectivity index (χ0v) is 9.24. The lowest BCUT2D eigenvalue weighted by molar-refractivity contribution is -0.120. The molecule has 0 saturated heterocycles. The number of aromatic nitrogens is 2. The summed E-state index contributed by atoms with van der Waals surface area (Å²) in [6.45, 7) is 2.22. The highest BCUT2D eigenvalue weighted by Gasteiger charge is 2.02. The third-order valence-electron chi connectivity index (χ3n) is 1.88. The molecule has 0 aliphatic carbocycles. The van der Waals surface area contributed by atoms with Gasteiger partial charge in [-0.15, -0.1) is 0 Å². The highest BCUT2D eigenvalue weighted by molar-refractivity contribution is 5.75. The van der Waals surface area contributed by atoms with E-state index in [-0.39, 0.29) is 5.91 Å². The van der Waals surface area contributed by atoms with Crippen LogP contribution in [-0.4, -0.2) is 29.5 Å². The van der Waals surface area contributed by atoms with Gasteiger partial charge < -0.3 is 10.6 Å². The van der Waals surface area contributed by atoms with Gasteiger partial charge in [0.2, 0.25) is 11.9 Å². The van der Waals surface area contributed by atoms with Crippen LogP contribution in [0.2, 0.25) is 0 Å². The van der Waals surface area contributed by atoms with E-state index in [1.165, 1.54) is 0 Å². The summed E-state index contributed by atoms with van der Waals surface area (Å²) in [7, 11) is 1.58. The third kappa shape index (κ3) is 3.53. The van der Waals surface area contributed by atoms with Crippen molar-refractivity contribution in [1.82, 2.24) is 15.3 Å². The minimum Gasteiger partial charge on any atom is -0.359 e. The molecule has 0 aliphatic heterocycles. The quantitative estimate of drug-likeness (QED) is 0.755. The normalized spacial score (nSPS) is 9.31. The zero-order chi connectivity index (χ0) is 12.0. The first-order valence-electron chi connectivity index (χ1n) is 4.86. The summed E-state index contributed by atoms with van der Waals surface area (Å²) in [5.74, 6) is 0.320. The second-order valence-corrected chi connectivity index (χ2v) is 3.18. The smallest absolute Gasteiger partial charge is 0.224 e. The van der Waals surface area contributed by atoms with Gasteiger partial charge in [0.15, 0.2) is 0 Å². The Morgan fingerprint density at radius 3 is 2.94 bits per heavy atom. The average Bonchev–Trinajstić information content (AvgIpc) is 2.28. The van der Waals surface area contributed by atoms with E-state index in [2.05, 4.69) is 20.6 Å². The van der Waals surface area contributed by atoms with Gasteiger partial charge in [-0.25, -0.2) is 9.97 Å². The number of rotatable bonds is 4. The molecule has 6 nitrogen and oxygen atoms in total. The predicted octanol–water partition coefficient (Wildman–Crippen LogP) is 0.205. The van der Waals surface area contributed by atoms with Crippen LogP contribution in [0.15, 0.2) is 6.07 Å². The van der Waals surface area contributed by atoms with Crippen molar-refractivity contribution in [2.24, 2.45) is 0 Å². The van der Waals surface area contributed by atoms with Gasteiger partial charge in [0, 0.05) is 25.7 Å². The van der Waals surface area contributed by atoms with E-state index in [1.807, 2.05) is 6.07 Å². The number of hydrogen-bond donors (Lipinski definition) is 2. The number of aryl methyl sites for hydroxylation is 1. The van der Waals surface area contributed by atoms with Crippen molar-refractivity contribution in [1.29, 1.82) is 5.26 Å². The molecule has 2 N–H and O–H groups in total. The molecule has 1 aromatic rings. The molecule has 6 heteroatoms. The summed E-state index contributed by atoms with van der Waals surface area (Å²) in [5, 5.41) is 14.1. The molecule has 1 rings (SSSR count). The number of nitriles is 1. The molecular formula is C10H13N5O. The number of nitrogens with zero attached hydrogens (tertiary/aromatic N) is 3. The first kappa shape index (κ1) is 11.9. The Kier molecular flexibility index (Phi) is 4.21. The van der Waals surface area contributed by atoms with Crippen LogP contribution in [0.1, 0.15) is 17.8 Å². The SMILES string of the molecule is CNC(=O)CCNc1nc(C)cc(C#N)n1. The minimum absolute atomic E-state index is 0.0549. The van der Waals surface area contributed by atoms with Crippen molar-refractivity contribution in [2.75, 3.05) is 18.9 Å². The molecule has 0 radical (unpaired) electrons. The van der Waals surface area contributed by atoms with Crippen LogP contribution in [0.4, 0.5) is 5.95 Å². The van der Waals surface area contributed by atoms with Gasteiger partial charge in [0.1, 0.15) is 11.8 Å². The molecular weight excluding hydrogens is 206 g/mol. The largest absolute Gasteiger partial charge is 0.359 e. The third-order valence-corrected chi connectivity index (χ3v) is 1.88. The van der Waals surface area contributed by atoms with Crippen molar-refractivity contribution in [3.63, 3.8) is 0 Å². The van der Waals surface area contributed by atoms with Crippen LogP contribution >= 0.6 is 0 Å². The van der Waals surface area contributed by atoms with Crippen LogP contribution in [0.3, 0.4) is 0 Å². The van der Waals surface area contributed by atoms with Gasteiger partial charge in [-0.1, -0.05) is 0 Å². The van der Waals surface area contributed by atoms with E-state index >= 15 is 0 Å². The summed E-state index contributed by atoms with van der Waals surface area (Å²) in [6, 6.07) is 3.55. The zero-order valence-electron chi connectivity index (χ0n) is 9.24. The molecule has 0 unspecified atom stereocenters. The van der Waals surface area contributed by atoms with E-state index < -0.39 is 0 Å². The highest BCUT2D eigenvalue weighted by Crippen LogP contribution is 2.03. The van der Waals surface area contributed by atoms with Crippen molar-refractivity contribution >= 4 is 11.9 Å². The fourth-order valence-corrected chi connectivity index (χ4v) is 1.12. The maximum atomic E-state index is 10.9. The van der Waals surface area contributed by atoms with E-state index in [0.717, 1.165) is 0 Å². The van der Waals surface area contributed by atoms with Crippen LogP contribution in [0.5, 0.6) is 0 Å². The fourth-order valence-electron chi connectivity index (χ4n) is 1.12. The van der Waals surface area contributed by atoms with Gasteiger partial charge in [-0.2, -0.15) is 5.26 Å². The summed E-state index contributed by atoms with van der Waals surface area (Å²) in [4.78, 5) is 19.0.